The van der Waals surface area contributed by atoms with Gasteiger partial charge in [0.2, 0.25) is 0 Å². The van der Waals surface area contributed by atoms with E-state index in [-0.39, 0.29) is 24.4 Å². The van der Waals surface area contributed by atoms with Gasteiger partial charge in [0, 0.05) is 26.3 Å². The van der Waals surface area contributed by atoms with E-state index in [9.17, 15) is 14.4 Å². The van der Waals surface area contributed by atoms with Gasteiger partial charge in [0.05, 0.1) is 0 Å². The molecule has 0 amide bonds. The highest BCUT2D eigenvalue weighted by Crippen LogP contribution is 2.47. The molecule has 3 rings (SSSR count). The molecule has 0 unspecified atom stereocenters. The zero-order chi connectivity index (χ0) is 22.1. The number of allylic oxidation sites excluding steroid dienone is 3. The average molecular weight is 418 g/mol. The molecule has 0 fully saturated rings. The van der Waals surface area contributed by atoms with Gasteiger partial charge < -0.3 is 18.9 Å². The molecule has 2 bridgehead atoms. The molecule has 0 saturated carbocycles. The largest absolute Gasteiger partial charge is 0.461 e. The summed E-state index contributed by atoms with van der Waals surface area (Å²) in [6, 6.07) is 0. The number of carbonyl (C=O) groups excluding carboxylic acids is 3. The second kappa shape index (κ2) is 8.38. The van der Waals surface area contributed by atoms with Gasteiger partial charge in [0.25, 0.3) is 5.79 Å². The molecule has 7 heteroatoms. The van der Waals surface area contributed by atoms with Gasteiger partial charge in [-0.25, -0.2) is 0 Å². The van der Waals surface area contributed by atoms with Crippen LogP contribution in [0.25, 0.3) is 0 Å². The Kier molecular flexibility index (Phi) is 6.22. The van der Waals surface area contributed by atoms with Crippen LogP contribution in [0.15, 0.2) is 36.0 Å². The zero-order valence-corrected chi connectivity index (χ0v) is 18.2. The van der Waals surface area contributed by atoms with Gasteiger partial charge in [-0.15, -0.1) is 0 Å². The van der Waals surface area contributed by atoms with E-state index in [0.717, 1.165) is 6.42 Å². The molecule has 0 radical (unpaired) electrons. The number of hydrogen-bond acceptors (Lipinski definition) is 7. The van der Waals surface area contributed by atoms with Gasteiger partial charge in [-0.2, -0.15) is 0 Å². The maximum absolute atomic E-state index is 12.0. The Morgan fingerprint density at radius 1 is 1.13 bits per heavy atom. The van der Waals surface area contributed by atoms with Crippen LogP contribution in [-0.2, 0) is 33.3 Å². The second-order valence-electron chi connectivity index (χ2n) is 8.55. The predicted molar refractivity (Wildman–Crippen MR) is 108 cm³/mol. The lowest BCUT2D eigenvalue weighted by molar-refractivity contribution is -0.233. The second-order valence-corrected chi connectivity index (χ2v) is 8.55. The lowest BCUT2D eigenvalue weighted by Crippen LogP contribution is -2.48. The van der Waals surface area contributed by atoms with Crippen molar-refractivity contribution in [2.24, 2.45) is 17.8 Å². The highest BCUT2D eigenvalue weighted by atomic mass is 16.7. The highest BCUT2D eigenvalue weighted by Gasteiger charge is 2.54. The molecular formula is C23H30O7. The van der Waals surface area contributed by atoms with Crippen LogP contribution >= 0.6 is 0 Å². The third kappa shape index (κ3) is 4.51. The Morgan fingerprint density at radius 2 is 1.87 bits per heavy atom. The van der Waals surface area contributed by atoms with E-state index in [1.807, 2.05) is 13.0 Å². The van der Waals surface area contributed by atoms with Gasteiger partial charge in [-0.3, -0.25) is 14.4 Å². The van der Waals surface area contributed by atoms with Crippen LogP contribution in [0, 0.1) is 17.8 Å². The topological polar surface area (TPSA) is 88.1 Å². The quantitative estimate of drug-likeness (QED) is 0.393. The van der Waals surface area contributed by atoms with Crippen molar-refractivity contribution in [3.05, 3.63) is 36.0 Å². The summed E-state index contributed by atoms with van der Waals surface area (Å²) >= 11 is 0. The standard InChI is InChI=1S/C23H30O7/c1-14-7-6-8-18-11-21(28-16(3)25)22(5)9-10-23(30-22,29-17(4)26)19(12-20(14)18)13-27-15(2)24/h6-7,9-10,12,14,18,20-21H,8,11,13H2,1-5H3/b19-12-/t14-,18-,20-,21+,22+,23-/m1/s1. The van der Waals surface area contributed by atoms with Crippen LogP contribution in [0.4, 0.5) is 0 Å². The third-order valence-corrected chi connectivity index (χ3v) is 6.07. The average Bonchev–Trinajstić information content (AvgIpc) is 2.98. The smallest absolute Gasteiger partial charge is 0.305 e. The summed E-state index contributed by atoms with van der Waals surface area (Å²) in [5.74, 6) is -2.43. The first-order chi connectivity index (χ1) is 14.0. The summed E-state index contributed by atoms with van der Waals surface area (Å²) in [7, 11) is 0. The molecule has 0 saturated heterocycles. The zero-order valence-electron chi connectivity index (χ0n) is 18.2. The molecule has 3 aliphatic rings. The number of esters is 3. The maximum Gasteiger partial charge on any atom is 0.305 e. The fourth-order valence-electron chi connectivity index (χ4n) is 4.62. The lowest BCUT2D eigenvalue weighted by atomic mass is 9.72. The molecule has 0 aromatic heterocycles. The van der Waals surface area contributed by atoms with Gasteiger partial charge >= 0.3 is 17.9 Å². The molecule has 2 heterocycles. The van der Waals surface area contributed by atoms with Crippen LogP contribution in [0.3, 0.4) is 0 Å². The van der Waals surface area contributed by atoms with Crippen molar-refractivity contribution in [2.75, 3.05) is 6.61 Å². The van der Waals surface area contributed by atoms with Crippen LogP contribution in [0.2, 0.25) is 0 Å². The fourth-order valence-corrected chi connectivity index (χ4v) is 4.62. The SMILES string of the molecule is CC(=O)OC/C1=C/[C@H]2[C@H](CC=C[C@H]2C)C[C@H](OC(C)=O)[C@]2(C)C=C[C@@]1(OC(C)=O)O2. The molecular weight excluding hydrogens is 388 g/mol. The van der Waals surface area contributed by atoms with Gasteiger partial charge in [-0.1, -0.05) is 25.2 Å². The minimum Gasteiger partial charge on any atom is -0.461 e. The first-order valence-electron chi connectivity index (χ1n) is 10.3. The molecule has 0 aromatic carbocycles. The molecule has 6 atom stereocenters. The van der Waals surface area contributed by atoms with Crippen molar-refractivity contribution >= 4 is 17.9 Å². The van der Waals surface area contributed by atoms with Crippen molar-refractivity contribution in [2.45, 2.75) is 65.0 Å². The minimum absolute atomic E-state index is 0.0685. The van der Waals surface area contributed by atoms with Crippen molar-refractivity contribution in [3.63, 3.8) is 0 Å². The maximum atomic E-state index is 12.0. The van der Waals surface area contributed by atoms with E-state index in [0.29, 0.717) is 12.0 Å². The molecule has 2 aliphatic heterocycles. The van der Waals surface area contributed by atoms with Crippen molar-refractivity contribution < 1.29 is 33.3 Å². The summed E-state index contributed by atoms with van der Waals surface area (Å²) in [4.78, 5) is 35.4. The molecule has 0 N–H and O–H groups in total. The molecule has 7 nitrogen and oxygen atoms in total. The van der Waals surface area contributed by atoms with E-state index < -0.39 is 35.4 Å². The Bertz CT molecular complexity index is 810. The van der Waals surface area contributed by atoms with E-state index in [1.165, 1.54) is 20.8 Å². The molecule has 164 valence electrons. The van der Waals surface area contributed by atoms with Crippen LogP contribution in [-0.4, -0.2) is 42.0 Å². The Morgan fingerprint density at radius 3 is 2.50 bits per heavy atom. The number of rotatable bonds is 4. The van der Waals surface area contributed by atoms with E-state index in [1.54, 1.807) is 12.2 Å². The summed E-state index contributed by atoms with van der Waals surface area (Å²) < 4.78 is 23.0. The summed E-state index contributed by atoms with van der Waals surface area (Å²) in [5.41, 5.74) is -0.455. The van der Waals surface area contributed by atoms with Crippen molar-refractivity contribution in [1.82, 2.24) is 0 Å². The van der Waals surface area contributed by atoms with Crippen LogP contribution in [0.5, 0.6) is 0 Å². The third-order valence-electron chi connectivity index (χ3n) is 6.07. The number of ether oxygens (including phenoxy) is 4. The van der Waals surface area contributed by atoms with Crippen molar-refractivity contribution in [3.8, 4) is 0 Å². The Hall–Kier alpha value is -2.41. The molecule has 0 spiro atoms. The molecule has 30 heavy (non-hydrogen) atoms. The summed E-state index contributed by atoms with van der Waals surface area (Å²) in [6.45, 7) is 7.86. The van der Waals surface area contributed by atoms with E-state index in [2.05, 4.69) is 19.1 Å². The number of carbonyl (C=O) groups is 3. The number of fused-ring (bicyclic) bond motifs is 3. The summed E-state index contributed by atoms with van der Waals surface area (Å²) in [6.07, 6.45) is 10.6. The molecule has 0 aromatic rings. The predicted octanol–water partition coefficient (Wildman–Crippen LogP) is 3.24. The van der Waals surface area contributed by atoms with Crippen molar-refractivity contribution in [1.29, 1.82) is 0 Å². The first-order valence-corrected chi connectivity index (χ1v) is 10.3. The Labute approximate surface area is 177 Å². The van der Waals surface area contributed by atoms with Gasteiger partial charge in [0.15, 0.2) is 0 Å². The lowest BCUT2D eigenvalue weighted by Gasteiger charge is -2.38. The van der Waals surface area contributed by atoms with E-state index >= 15 is 0 Å². The molecule has 1 aliphatic carbocycles. The first kappa shape index (κ1) is 22.3. The summed E-state index contributed by atoms with van der Waals surface area (Å²) in [5, 5.41) is 0. The number of hydrogen-bond donors (Lipinski definition) is 0. The normalized spacial score (nSPS) is 38.9. The van der Waals surface area contributed by atoms with Crippen LogP contribution < -0.4 is 0 Å². The highest BCUT2D eigenvalue weighted by molar-refractivity contribution is 5.68. The van der Waals surface area contributed by atoms with Gasteiger partial charge in [0.1, 0.15) is 18.3 Å². The van der Waals surface area contributed by atoms with Crippen LogP contribution in [0.1, 0.15) is 47.5 Å². The van der Waals surface area contributed by atoms with E-state index in [4.69, 9.17) is 18.9 Å². The fraction of sp³-hybridized carbons (Fsp3) is 0.609. The van der Waals surface area contributed by atoms with Gasteiger partial charge in [-0.05, 0) is 49.7 Å². The monoisotopic (exact) mass is 418 g/mol. The minimum atomic E-state index is -1.52. The Balaban J connectivity index is 2.13.